The lowest BCUT2D eigenvalue weighted by atomic mass is 10.2. The van der Waals surface area contributed by atoms with Crippen molar-refractivity contribution < 1.29 is 14.6 Å². The van der Waals surface area contributed by atoms with Crippen LogP contribution in [-0.4, -0.2) is 41.9 Å². The summed E-state index contributed by atoms with van der Waals surface area (Å²) in [6.07, 6.45) is 2.37. The number of ether oxygens (including phenoxy) is 1. The molecule has 0 aromatic carbocycles. The van der Waals surface area contributed by atoms with E-state index < -0.39 is 0 Å². The molecule has 1 aromatic heterocycles. The Morgan fingerprint density at radius 2 is 2.28 bits per heavy atom. The molecule has 0 fully saturated rings. The third kappa shape index (κ3) is 3.85. The van der Waals surface area contributed by atoms with Gasteiger partial charge in [0.05, 0.1) is 12.6 Å². The van der Waals surface area contributed by atoms with E-state index in [1.165, 1.54) is 0 Å². The maximum absolute atomic E-state index is 12.1. The van der Waals surface area contributed by atoms with Gasteiger partial charge in [-0.3, -0.25) is 4.79 Å². The van der Waals surface area contributed by atoms with Gasteiger partial charge in [-0.15, -0.1) is 0 Å². The molecular weight excluding hydrogens is 232 g/mol. The molecule has 0 spiro atoms. The Morgan fingerprint density at radius 1 is 1.56 bits per heavy atom. The predicted octanol–water partition coefficient (Wildman–Crippen LogP) is 1.20. The Hall–Kier alpha value is -1.33. The third-order valence-electron chi connectivity index (χ3n) is 2.75. The lowest BCUT2D eigenvalue weighted by Crippen LogP contribution is -2.39. The first kappa shape index (κ1) is 14.7. The Bertz CT molecular complexity index is 368. The molecule has 1 aromatic rings. The highest BCUT2D eigenvalue weighted by Crippen LogP contribution is 2.11. The van der Waals surface area contributed by atoms with Gasteiger partial charge in [0.2, 0.25) is 0 Å². The molecule has 18 heavy (non-hydrogen) atoms. The molecule has 0 saturated heterocycles. The number of nitrogens with zero attached hydrogens (tertiary/aromatic N) is 1. The Labute approximate surface area is 108 Å². The van der Waals surface area contributed by atoms with E-state index in [1.807, 2.05) is 30.7 Å². The van der Waals surface area contributed by atoms with Gasteiger partial charge in [0, 0.05) is 26.0 Å². The zero-order valence-corrected chi connectivity index (χ0v) is 11.2. The number of hydrogen-bond acceptors (Lipinski definition) is 3. The average molecular weight is 254 g/mol. The first-order valence-electron chi connectivity index (χ1n) is 6.17. The second-order valence-electron chi connectivity index (χ2n) is 4.53. The quantitative estimate of drug-likeness (QED) is 0.768. The normalized spacial score (nSPS) is 12.7. The number of aromatic nitrogens is 1. The summed E-state index contributed by atoms with van der Waals surface area (Å²) in [4.78, 5) is 12.1. The van der Waals surface area contributed by atoms with Gasteiger partial charge in [0.15, 0.2) is 0 Å². The summed E-state index contributed by atoms with van der Waals surface area (Å²) < 4.78 is 6.93. The van der Waals surface area contributed by atoms with Gasteiger partial charge >= 0.3 is 0 Å². The van der Waals surface area contributed by atoms with Crippen LogP contribution in [0.4, 0.5) is 0 Å². The number of aliphatic hydroxyl groups excluding tert-OH is 1. The number of nitrogens with one attached hydrogen (secondary N) is 1. The van der Waals surface area contributed by atoms with Crippen LogP contribution < -0.4 is 5.32 Å². The highest BCUT2D eigenvalue weighted by atomic mass is 16.5. The van der Waals surface area contributed by atoms with Gasteiger partial charge in [0.25, 0.3) is 5.91 Å². The van der Waals surface area contributed by atoms with E-state index in [9.17, 15) is 4.79 Å². The van der Waals surface area contributed by atoms with Gasteiger partial charge in [-0.25, -0.2) is 0 Å². The van der Waals surface area contributed by atoms with Gasteiger partial charge in [-0.1, -0.05) is 0 Å². The molecule has 102 valence electrons. The molecule has 0 radical (unpaired) electrons. The minimum absolute atomic E-state index is 0.0273. The van der Waals surface area contributed by atoms with E-state index in [2.05, 4.69) is 5.32 Å². The number of amides is 1. The fourth-order valence-corrected chi connectivity index (χ4v) is 1.85. The summed E-state index contributed by atoms with van der Waals surface area (Å²) in [6.45, 7) is 4.47. The highest BCUT2D eigenvalue weighted by molar-refractivity contribution is 5.93. The third-order valence-corrected chi connectivity index (χ3v) is 2.75. The first-order chi connectivity index (χ1) is 8.60. The SMILES string of the molecule is COCC(CCO)NC(=O)c1cccn1C(C)C. The van der Waals surface area contributed by atoms with E-state index in [0.29, 0.717) is 18.7 Å². The lowest BCUT2D eigenvalue weighted by Gasteiger charge is -2.18. The average Bonchev–Trinajstić information content (AvgIpc) is 2.78. The molecule has 1 atom stereocenters. The molecule has 1 rings (SSSR count). The molecule has 0 aliphatic heterocycles. The summed E-state index contributed by atoms with van der Waals surface area (Å²) >= 11 is 0. The summed E-state index contributed by atoms with van der Waals surface area (Å²) in [5.41, 5.74) is 0.629. The molecule has 0 bridgehead atoms. The minimum atomic E-state index is -0.164. The smallest absolute Gasteiger partial charge is 0.268 e. The topological polar surface area (TPSA) is 63.5 Å². The van der Waals surface area contributed by atoms with Gasteiger partial charge in [-0.05, 0) is 32.4 Å². The van der Waals surface area contributed by atoms with Crippen LogP contribution in [0, 0.1) is 0 Å². The molecule has 0 aliphatic carbocycles. The van der Waals surface area contributed by atoms with Crippen LogP contribution in [0.1, 0.15) is 36.8 Å². The van der Waals surface area contributed by atoms with Crippen molar-refractivity contribution in [2.45, 2.75) is 32.4 Å². The zero-order valence-electron chi connectivity index (χ0n) is 11.2. The second-order valence-corrected chi connectivity index (χ2v) is 4.53. The van der Waals surface area contributed by atoms with Crippen molar-refractivity contribution >= 4 is 5.91 Å². The standard InChI is InChI=1S/C13H22N2O3/c1-10(2)15-7-4-5-12(15)13(17)14-11(6-8-16)9-18-3/h4-5,7,10-11,16H,6,8-9H2,1-3H3,(H,14,17). The fourth-order valence-electron chi connectivity index (χ4n) is 1.85. The number of carbonyl (C=O) groups is 1. The monoisotopic (exact) mass is 254 g/mol. The van der Waals surface area contributed by atoms with Crippen molar-refractivity contribution in [1.29, 1.82) is 0 Å². The Balaban J connectivity index is 2.71. The van der Waals surface area contributed by atoms with E-state index in [4.69, 9.17) is 9.84 Å². The number of methoxy groups -OCH3 is 1. The van der Waals surface area contributed by atoms with E-state index in [-0.39, 0.29) is 24.6 Å². The largest absolute Gasteiger partial charge is 0.396 e. The summed E-state index contributed by atoms with van der Waals surface area (Å²) in [5, 5.41) is 11.8. The van der Waals surface area contributed by atoms with Crippen LogP contribution in [-0.2, 0) is 4.74 Å². The molecule has 1 heterocycles. The van der Waals surface area contributed by atoms with Crippen molar-refractivity contribution in [3.05, 3.63) is 24.0 Å². The number of hydrogen-bond donors (Lipinski definition) is 2. The molecule has 0 aliphatic rings. The molecule has 5 nitrogen and oxygen atoms in total. The van der Waals surface area contributed by atoms with Crippen LogP contribution in [0.5, 0.6) is 0 Å². The van der Waals surface area contributed by atoms with Crippen LogP contribution in [0.15, 0.2) is 18.3 Å². The highest BCUT2D eigenvalue weighted by Gasteiger charge is 2.16. The van der Waals surface area contributed by atoms with Crippen molar-refractivity contribution in [2.75, 3.05) is 20.3 Å². The van der Waals surface area contributed by atoms with Crippen LogP contribution in [0.2, 0.25) is 0 Å². The maximum Gasteiger partial charge on any atom is 0.268 e. The predicted molar refractivity (Wildman–Crippen MR) is 69.7 cm³/mol. The molecule has 1 unspecified atom stereocenters. The molecule has 1 amide bonds. The van der Waals surface area contributed by atoms with Gasteiger partial charge < -0.3 is 19.7 Å². The number of aliphatic hydroxyl groups is 1. The summed E-state index contributed by atoms with van der Waals surface area (Å²) in [6, 6.07) is 3.72. The summed E-state index contributed by atoms with van der Waals surface area (Å²) in [7, 11) is 1.58. The number of rotatable bonds is 7. The van der Waals surface area contributed by atoms with E-state index in [1.54, 1.807) is 13.2 Å². The van der Waals surface area contributed by atoms with E-state index in [0.717, 1.165) is 0 Å². The Kier molecular flexibility index (Phi) is 5.88. The van der Waals surface area contributed by atoms with Crippen LogP contribution in [0.3, 0.4) is 0 Å². The molecule has 0 saturated carbocycles. The van der Waals surface area contributed by atoms with Crippen molar-refractivity contribution in [3.63, 3.8) is 0 Å². The van der Waals surface area contributed by atoms with Crippen molar-refractivity contribution in [1.82, 2.24) is 9.88 Å². The zero-order chi connectivity index (χ0) is 13.5. The van der Waals surface area contributed by atoms with Crippen LogP contribution >= 0.6 is 0 Å². The minimum Gasteiger partial charge on any atom is -0.396 e. The first-order valence-corrected chi connectivity index (χ1v) is 6.17. The fraction of sp³-hybridized carbons (Fsp3) is 0.615. The van der Waals surface area contributed by atoms with Crippen molar-refractivity contribution in [2.24, 2.45) is 0 Å². The number of carbonyl (C=O) groups excluding carboxylic acids is 1. The molecular formula is C13H22N2O3. The summed E-state index contributed by atoms with van der Waals surface area (Å²) in [5.74, 6) is -0.135. The second kappa shape index (κ2) is 7.18. The molecule has 5 heteroatoms. The maximum atomic E-state index is 12.1. The van der Waals surface area contributed by atoms with Crippen LogP contribution in [0.25, 0.3) is 0 Å². The Morgan fingerprint density at radius 3 is 2.83 bits per heavy atom. The molecule has 2 N–H and O–H groups in total. The van der Waals surface area contributed by atoms with Crippen molar-refractivity contribution in [3.8, 4) is 0 Å². The van der Waals surface area contributed by atoms with Gasteiger partial charge in [0.1, 0.15) is 5.69 Å². The van der Waals surface area contributed by atoms with E-state index >= 15 is 0 Å². The van der Waals surface area contributed by atoms with Gasteiger partial charge in [-0.2, -0.15) is 0 Å². The lowest BCUT2D eigenvalue weighted by molar-refractivity contribution is 0.0868.